The molecule has 2 aliphatic rings. The van der Waals surface area contributed by atoms with Crippen molar-refractivity contribution >= 4 is 17.5 Å². The zero-order valence-corrected chi connectivity index (χ0v) is 18.7. The molecule has 0 saturated carbocycles. The summed E-state index contributed by atoms with van der Waals surface area (Å²) < 4.78 is 6.15. The number of hydrogen-bond acceptors (Lipinski definition) is 3. The summed E-state index contributed by atoms with van der Waals surface area (Å²) in [6.45, 7) is 1.91. The van der Waals surface area contributed by atoms with E-state index in [1.807, 2.05) is 94.7 Å². The maximum atomic E-state index is 13.6. The van der Waals surface area contributed by atoms with Gasteiger partial charge in [-0.3, -0.25) is 9.59 Å². The number of anilines is 1. The summed E-state index contributed by atoms with van der Waals surface area (Å²) in [4.78, 5) is 29.9. The lowest BCUT2D eigenvalue weighted by Gasteiger charge is -2.42. The molecule has 2 amide bonds. The van der Waals surface area contributed by atoms with Crippen LogP contribution in [0.25, 0.3) is 11.1 Å². The van der Waals surface area contributed by atoms with Gasteiger partial charge in [-0.05, 0) is 48.6 Å². The van der Waals surface area contributed by atoms with Crippen LogP contribution in [0.5, 0.6) is 0 Å². The van der Waals surface area contributed by atoms with Crippen molar-refractivity contribution in [2.45, 2.75) is 24.9 Å². The number of amides is 2. The highest BCUT2D eigenvalue weighted by Gasteiger charge is 2.42. The predicted octanol–water partition coefficient (Wildman–Crippen LogP) is 4.78. The molecular formula is C28H28N2O3. The number of rotatable bonds is 3. The van der Waals surface area contributed by atoms with Gasteiger partial charge in [0.2, 0.25) is 0 Å². The lowest BCUT2D eigenvalue weighted by molar-refractivity contribution is -0.140. The third kappa shape index (κ3) is 4.41. The minimum absolute atomic E-state index is 0.0132. The Balaban J connectivity index is 1.34. The molecule has 0 unspecified atom stereocenters. The molecule has 0 aromatic heterocycles. The molecule has 3 aromatic carbocycles. The van der Waals surface area contributed by atoms with Crippen LogP contribution in [0.15, 0.2) is 84.9 Å². The van der Waals surface area contributed by atoms with E-state index in [0.717, 1.165) is 35.2 Å². The lowest BCUT2D eigenvalue weighted by atomic mass is 9.92. The second-order valence-electron chi connectivity index (χ2n) is 8.84. The molecule has 33 heavy (non-hydrogen) atoms. The molecule has 2 aliphatic heterocycles. The average Bonchev–Trinajstić information content (AvgIpc) is 3.09. The Morgan fingerprint density at radius 2 is 1.52 bits per heavy atom. The van der Waals surface area contributed by atoms with Crippen LogP contribution in [0.3, 0.4) is 0 Å². The van der Waals surface area contributed by atoms with Gasteiger partial charge in [0.05, 0.1) is 12.1 Å². The monoisotopic (exact) mass is 440 g/mol. The van der Waals surface area contributed by atoms with E-state index in [0.29, 0.717) is 26.1 Å². The number of para-hydroxylation sites is 1. The fourth-order valence-electron chi connectivity index (χ4n) is 4.94. The van der Waals surface area contributed by atoms with Crippen LogP contribution in [0.2, 0.25) is 0 Å². The molecule has 0 bridgehead atoms. The molecule has 0 radical (unpaired) electrons. The maximum Gasteiger partial charge on any atom is 0.254 e. The van der Waals surface area contributed by atoms with Crippen molar-refractivity contribution in [2.24, 2.45) is 0 Å². The first-order valence-corrected chi connectivity index (χ1v) is 11.6. The fraction of sp³-hybridized carbons (Fsp3) is 0.286. The Kier molecular flexibility index (Phi) is 5.97. The SMILES string of the molecule is O=C(c1ccccc1-c1ccccc1)N1CCC[C@@]2(CC1)CN(c1ccccc1)C(=O)CO2. The molecule has 0 aliphatic carbocycles. The van der Waals surface area contributed by atoms with Crippen molar-refractivity contribution < 1.29 is 14.3 Å². The second-order valence-corrected chi connectivity index (χ2v) is 8.84. The topological polar surface area (TPSA) is 49.9 Å². The normalized spacial score (nSPS) is 21.2. The van der Waals surface area contributed by atoms with Crippen LogP contribution < -0.4 is 4.90 Å². The number of nitrogens with zero attached hydrogens (tertiary/aromatic N) is 2. The molecule has 3 aromatic rings. The van der Waals surface area contributed by atoms with Crippen LogP contribution in [-0.2, 0) is 9.53 Å². The molecule has 5 nitrogen and oxygen atoms in total. The first kappa shape index (κ1) is 21.4. The Morgan fingerprint density at radius 1 is 0.818 bits per heavy atom. The van der Waals surface area contributed by atoms with E-state index in [1.165, 1.54) is 0 Å². The maximum absolute atomic E-state index is 13.6. The molecule has 0 N–H and O–H groups in total. The predicted molar refractivity (Wildman–Crippen MR) is 129 cm³/mol. The minimum Gasteiger partial charge on any atom is -0.363 e. The number of likely N-dealkylation sites (tertiary alicyclic amines) is 1. The molecule has 2 heterocycles. The molecular weight excluding hydrogens is 412 g/mol. The standard InChI is InChI=1S/C28H28N2O3/c31-26-20-33-28(21-30(26)23-12-5-2-6-13-23)16-9-18-29(19-17-28)27(32)25-15-8-7-14-24(25)22-10-3-1-4-11-22/h1-8,10-15H,9,16-21H2/t28-/m1/s1. The number of hydrogen-bond donors (Lipinski definition) is 0. The highest BCUT2D eigenvalue weighted by Crippen LogP contribution is 2.34. The Hall–Kier alpha value is -3.44. The van der Waals surface area contributed by atoms with Gasteiger partial charge in [0, 0.05) is 24.3 Å². The molecule has 1 spiro atoms. The van der Waals surface area contributed by atoms with Gasteiger partial charge < -0.3 is 14.5 Å². The van der Waals surface area contributed by atoms with E-state index in [-0.39, 0.29) is 18.4 Å². The molecule has 5 rings (SSSR count). The number of carbonyl (C=O) groups is 2. The third-order valence-electron chi connectivity index (χ3n) is 6.74. The van der Waals surface area contributed by atoms with Gasteiger partial charge >= 0.3 is 0 Å². The summed E-state index contributed by atoms with van der Waals surface area (Å²) in [5, 5.41) is 0. The summed E-state index contributed by atoms with van der Waals surface area (Å²) in [6.07, 6.45) is 2.38. The summed E-state index contributed by atoms with van der Waals surface area (Å²) in [6, 6.07) is 27.6. The van der Waals surface area contributed by atoms with E-state index in [2.05, 4.69) is 0 Å². The van der Waals surface area contributed by atoms with E-state index < -0.39 is 5.60 Å². The molecule has 5 heteroatoms. The summed E-state index contributed by atoms with van der Waals surface area (Å²) in [5.74, 6) is 0.0408. The van der Waals surface area contributed by atoms with Gasteiger partial charge in [-0.2, -0.15) is 0 Å². The molecule has 2 fully saturated rings. The van der Waals surface area contributed by atoms with Crippen LogP contribution in [0.4, 0.5) is 5.69 Å². The largest absolute Gasteiger partial charge is 0.363 e. The van der Waals surface area contributed by atoms with E-state index >= 15 is 0 Å². The zero-order chi connectivity index (χ0) is 22.7. The van der Waals surface area contributed by atoms with Crippen molar-refractivity contribution in [2.75, 3.05) is 31.1 Å². The van der Waals surface area contributed by atoms with Crippen LogP contribution in [-0.4, -0.2) is 48.6 Å². The smallest absolute Gasteiger partial charge is 0.254 e. The third-order valence-corrected chi connectivity index (χ3v) is 6.74. The van der Waals surface area contributed by atoms with Gasteiger partial charge in [0.15, 0.2) is 0 Å². The first-order valence-electron chi connectivity index (χ1n) is 11.6. The van der Waals surface area contributed by atoms with Gasteiger partial charge in [0.1, 0.15) is 6.61 Å². The first-order chi connectivity index (χ1) is 16.2. The average molecular weight is 441 g/mol. The van der Waals surface area contributed by atoms with Gasteiger partial charge in [0.25, 0.3) is 11.8 Å². The number of carbonyl (C=O) groups excluding carboxylic acids is 2. The fourth-order valence-corrected chi connectivity index (χ4v) is 4.94. The van der Waals surface area contributed by atoms with Crippen LogP contribution in [0.1, 0.15) is 29.6 Å². The zero-order valence-electron chi connectivity index (χ0n) is 18.7. The van der Waals surface area contributed by atoms with Crippen molar-refractivity contribution in [1.82, 2.24) is 4.90 Å². The van der Waals surface area contributed by atoms with Crippen molar-refractivity contribution in [1.29, 1.82) is 0 Å². The van der Waals surface area contributed by atoms with Crippen LogP contribution >= 0.6 is 0 Å². The number of morpholine rings is 1. The highest BCUT2D eigenvalue weighted by atomic mass is 16.5. The lowest BCUT2D eigenvalue weighted by Crippen LogP contribution is -2.55. The van der Waals surface area contributed by atoms with Crippen molar-refractivity contribution in [3.63, 3.8) is 0 Å². The van der Waals surface area contributed by atoms with Gasteiger partial charge in [-0.15, -0.1) is 0 Å². The van der Waals surface area contributed by atoms with Crippen LogP contribution in [0, 0.1) is 0 Å². The molecule has 2 saturated heterocycles. The highest BCUT2D eigenvalue weighted by molar-refractivity contribution is 6.01. The number of benzene rings is 3. The van der Waals surface area contributed by atoms with E-state index in [1.54, 1.807) is 0 Å². The molecule has 1 atom stereocenters. The minimum atomic E-state index is -0.419. The Labute approximate surface area is 194 Å². The van der Waals surface area contributed by atoms with Gasteiger partial charge in [-0.25, -0.2) is 0 Å². The van der Waals surface area contributed by atoms with E-state index in [9.17, 15) is 9.59 Å². The quantitative estimate of drug-likeness (QED) is 0.589. The summed E-state index contributed by atoms with van der Waals surface area (Å²) in [5.41, 5.74) is 3.21. The number of ether oxygens (including phenoxy) is 1. The second kappa shape index (κ2) is 9.20. The molecule has 168 valence electrons. The van der Waals surface area contributed by atoms with Crippen molar-refractivity contribution in [3.05, 3.63) is 90.5 Å². The van der Waals surface area contributed by atoms with Gasteiger partial charge in [-0.1, -0.05) is 66.7 Å². The van der Waals surface area contributed by atoms with Crippen molar-refractivity contribution in [3.8, 4) is 11.1 Å². The van der Waals surface area contributed by atoms with E-state index in [4.69, 9.17) is 4.74 Å². The Morgan fingerprint density at radius 3 is 2.30 bits per heavy atom. The Bertz CT molecular complexity index is 1130. The summed E-state index contributed by atoms with van der Waals surface area (Å²) in [7, 11) is 0. The summed E-state index contributed by atoms with van der Waals surface area (Å²) >= 11 is 0.